The molecular weight excluding hydrogens is 252 g/mol. The molecule has 0 aliphatic heterocycles. The second kappa shape index (κ2) is 6.64. The molecule has 4 N–H and O–H groups in total. The minimum absolute atomic E-state index is 0.231. The van der Waals surface area contributed by atoms with Gasteiger partial charge in [0.25, 0.3) is 0 Å². The molecule has 4 nitrogen and oxygen atoms in total. The number of rotatable bonds is 5. The highest BCUT2D eigenvalue weighted by Crippen LogP contribution is 2.30. The maximum atomic E-state index is 10.8. The summed E-state index contributed by atoms with van der Waals surface area (Å²) < 4.78 is 0. The van der Waals surface area contributed by atoms with Crippen LogP contribution in [0.2, 0.25) is 0 Å². The number of benzene rings is 1. The van der Waals surface area contributed by atoms with E-state index in [2.05, 4.69) is 12.2 Å². The first-order chi connectivity index (χ1) is 9.56. The van der Waals surface area contributed by atoms with E-state index in [-0.39, 0.29) is 5.56 Å². The predicted molar refractivity (Wildman–Crippen MR) is 82.0 cm³/mol. The van der Waals surface area contributed by atoms with Crippen LogP contribution < -0.4 is 11.1 Å². The van der Waals surface area contributed by atoms with Crippen LogP contribution in [0.25, 0.3) is 0 Å². The molecule has 1 aliphatic carbocycles. The van der Waals surface area contributed by atoms with E-state index in [9.17, 15) is 4.79 Å². The summed E-state index contributed by atoms with van der Waals surface area (Å²) in [5.74, 6) is 0.760. The second-order valence-corrected chi connectivity index (χ2v) is 5.95. The molecule has 0 atom stereocenters. The molecular formula is C16H24N2O2. The zero-order chi connectivity index (χ0) is 14.5. The van der Waals surface area contributed by atoms with E-state index in [0.717, 1.165) is 30.5 Å². The number of nitrogen functional groups attached to an aromatic ring is 1. The third-order valence-corrected chi connectivity index (χ3v) is 4.30. The summed E-state index contributed by atoms with van der Waals surface area (Å²) in [6.07, 6.45) is 6.51. The fourth-order valence-electron chi connectivity index (χ4n) is 2.89. The lowest BCUT2D eigenvalue weighted by atomic mass is 9.81. The monoisotopic (exact) mass is 276 g/mol. The SMILES string of the molecule is CC1CCC(CCNc2ccc(C(=O)O)cc2N)CC1. The first-order valence-corrected chi connectivity index (χ1v) is 7.43. The van der Waals surface area contributed by atoms with Crippen molar-refractivity contribution in [2.24, 2.45) is 11.8 Å². The molecule has 0 amide bonds. The van der Waals surface area contributed by atoms with Gasteiger partial charge in [0.05, 0.1) is 16.9 Å². The first-order valence-electron chi connectivity index (χ1n) is 7.43. The second-order valence-electron chi connectivity index (χ2n) is 5.95. The van der Waals surface area contributed by atoms with Crippen LogP contribution in [0.3, 0.4) is 0 Å². The lowest BCUT2D eigenvalue weighted by Gasteiger charge is -2.26. The fraction of sp³-hybridized carbons (Fsp3) is 0.562. The van der Waals surface area contributed by atoms with Crippen LogP contribution in [-0.4, -0.2) is 17.6 Å². The lowest BCUT2D eigenvalue weighted by Crippen LogP contribution is -2.16. The zero-order valence-electron chi connectivity index (χ0n) is 12.1. The molecule has 110 valence electrons. The van der Waals surface area contributed by atoms with Gasteiger partial charge in [0.1, 0.15) is 0 Å². The molecule has 0 saturated heterocycles. The molecule has 4 heteroatoms. The highest BCUT2D eigenvalue weighted by atomic mass is 16.4. The molecule has 0 unspecified atom stereocenters. The first kappa shape index (κ1) is 14.7. The van der Waals surface area contributed by atoms with Gasteiger partial charge in [-0.2, -0.15) is 0 Å². The van der Waals surface area contributed by atoms with E-state index in [4.69, 9.17) is 10.8 Å². The van der Waals surface area contributed by atoms with E-state index >= 15 is 0 Å². The Hall–Kier alpha value is -1.71. The molecule has 1 aliphatic rings. The molecule has 1 fully saturated rings. The molecule has 0 aromatic heterocycles. The van der Waals surface area contributed by atoms with E-state index in [1.54, 1.807) is 12.1 Å². The van der Waals surface area contributed by atoms with Gasteiger partial charge in [-0.25, -0.2) is 4.79 Å². The van der Waals surface area contributed by atoms with Crippen molar-refractivity contribution in [1.82, 2.24) is 0 Å². The van der Waals surface area contributed by atoms with Gasteiger partial charge in [-0.05, 0) is 36.5 Å². The summed E-state index contributed by atoms with van der Waals surface area (Å²) in [7, 11) is 0. The lowest BCUT2D eigenvalue weighted by molar-refractivity contribution is 0.0697. The molecule has 0 bridgehead atoms. The van der Waals surface area contributed by atoms with Gasteiger partial charge in [0.15, 0.2) is 0 Å². The maximum Gasteiger partial charge on any atom is 0.335 e. The van der Waals surface area contributed by atoms with E-state index in [1.807, 2.05) is 0 Å². The van der Waals surface area contributed by atoms with Crippen molar-refractivity contribution in [3.05, 3.63) is 23.8 Å². The van der Waals surface area contributed by atoms with Crippen LogP contribution >= 0.6 is 0 Å². The van der Waals surface area contributed by atoms with Gasteiger partial charge >= 0.3 is 5.97 Å². The van der Waals surface area contributed by atoms with Gasteiger partial charge in [-0.1, -0.05) is 32.6 Å². The van der Waals surface area contributed by atoms with Crippen molar-refractivity contribution in [3.8, 4) is 0 Å². The smallest absolute Gasteiger partial charge is 0.335 e. The van der Waals surface area contributed by atoms with Crippen LogP contribution in [-0.2, 0) is 0 Å². The molecule has 0 heterocycles. The van der Waals surface area contributed by atoms with Gasteiger partial charge < -0.3 is 16.2 Å². The molecule has 1 aromatic carbocycles. The molecule has 20 heavy (non-hydrogen) atoms. The number of carboxylic acids is 1. The number of hydrogen-bond acceptors (Lipinski definition) is 3. The molecule has 1 aromatic rings. The Balaban J connectivity index is 1.81. The number of anilines is 2. The molecule has 2 rings (SSSR count). The largest absolute Gasteiger partial charge is 0.478 e. The van der Waals surface area contributed by atoms with Crippen molar-refractivity contribution in [1.29, 1.82) is 0 Å². The van der Waals surface area contributed by atoms with Crippen molar-refractivity contribution in [2.75, 3.05) is 17.6 Å². The highest BCUT2D eigenvalue weighted by Gasteiger charge is 2.17. The minimum atomic E-state index is -0.945. The Morgan fingerprint density at radius 2 is 2.05 bits per heavy atom. The number of carbonyl (C=O) groups is 1. The number of nitrogens with one attached hydrogen (secondary N) is 1. The standard InChI is InChI=1S/C16H24N2O2/c1-11-2-4-12(5-3-11)8-9-18-15-7-6-13(16(19)20)10-14(15)17/h6-7,10-12,18H,2-5,8-9,17H2,1H3,(H,19,20). The van der Waals surface area contributed by atoms with Crippen LogP contribution in [0.5, 0.6) is 0 Å². The quantitative estimate of drug-likeness (QED) is 0.718. The van der Waals surface area contributed by atoms with Crippen molar-refractivity contribution >= 4 is 17.3 Å². The summed E-state index contributed by atoms with van der Waals surface area (Å²) in [6, 6.07) is 4.85. The van der Waals surface area contributed by atoms with Crippen LogP contribution in [0.4, 0.5) is 11.4 Å². The van der Waals surface area contributed by atoms with Gasteiger partial charge in [-0.15, -0.1) is 0 Å². The predicted octanol–water partition coefficient (Wildman–Crippen LogP) is 3.60. The zero-order valence-corrected chi connectivity index (χ0v) is 12.1. The Morgan fingerprint density at radius 1 is 1.35 bits per heavy atom. The highest BCUT2D eigenvalue weighted by molar-refractivity contribution is 5.90. The van der Waals surface area contributed by atoms with Crippen molar-refractivity contribution < 1.29 is 9.90 Å². The summed E-state index contributed by atoms with van der Waals surface area (Å²) in [6.45, 7) is 3.23. The Kier molecular flexibility index (Phi) is 4.88. The number of carboxylic acid groups (broad SMARTS) is 1. The summed E-state index contributed by atoms with van der Waals surface area (Å²) in [5.41, 5.74) is 7.44. The third kappa shape index (κ3) is 3.89. The third-order valence-electron chi connectivity index (χ3n) is 4.30. The van der Waals surface area contributed by atoms with Crippen LogP contribution in [0.1, 0.15) is 49.4 Å². The Morgan fingerprint density at radius 3 is 2.65 bits per heavy atom. The number of hydrogen-bond donors (Lipinski definition) is 3. The van der Waals surface area contributed by atoms with E-state index < -0.39 is 5.97 Å². The number of aromatic carboxylic acids is 1. The Labute approximate surface area is 120 Å². The van der Waals surface area contributed by atoms with Gasteiger partial charge in [0.2, 0.25) is 0 Å². The number of nitrogens with two attached hydrogens (primary N) is 1. The summed E-state index contributed by atoms with van der Waals surface area (Å²) in [4.78, 5) is 10.8. The molecule has 1 saturated carbocycles. The van der Waals surface area contributed by atoms with Crippen molar-refractivity contribution in [2.45, 2.75) is 39.0 Å². The maximum absolute atomic E-state index is 10.8. The van der Waals surface area contributed by atoms with Crippen LogP contribution in [0, 0.1) is 11.8 Å². The van der Waals surface area contributed by atoms with Crippen LogP contribution in [0.15, 0.2) is 18.2 Å². The fourth-order valence-corrected chi connectivity index (χ4v) is 2.89. The summed E-state index contributed by atoms with van der Waals surface area (Å²) >= 11 is 0. The van der Waals surface area contributed by atoms with Crippen molar-refractivity contribution in [3.63, 3.8) is 0 Å². The van der Waals surface area contributed by atoms with E-state index in [0.29, 0.717) is 5.69 Å². The van der Waals surface area contributed by atoms with E-state index in [1.165, 1.54) is 31.7 Å². The van der Waals surface area contributed by atoms with Gasteiger partial charge in [0, 0.05) is 6.54 Å². The average molecular weight is 276 g/mol. The molecule has 0 spiro atoms. The Bertz CT molecular complexity index is 466. The minimum Gasteiger partial charge on any atom is -0.478 e. The summed E-state index contributed by atoms with van der Waals surface area (Å²) in [5, 5.41) is 12.2. The average Bonchev–Trinajstić information content (AvgIpc) is 2.42. The normalized spacial score (nSPS) is 22.4. The topological polar surface area (TPSA) is 75.3 Å². The van der Waals surface area contributed by atoms with Gasteiger partial charge in [-0.3, -0.25) is 0 Å². The molecule has 0 radical (unpaired) electrons.